The number of carbonyl (C=O) groups is 2. The summed E-state index contributed by atoms with van der Waals surface area (Å²) in [4.78, 5) is 25.0. The van der Waals surface area contributed by atoms with Gasteiger partial charge in [0.2, 0.25) is 5.91 Å². The number of benzene rings is 3. The van der Waals surface area contributed by atoms with E-state index in [-0.39, 0.29) is 5.91 Å². The molecule has 0 bridgehead atoms. The fourth-order valence-electron chi connectivity index (χ4n) is 3.17. The van der Waals surface area contributed by atoms with Crippen LogP contribution in [-0.4, -0.2) is 32.6 Å². The molecule has 0 aliphatic rings. The third-order valence-corrected chi connectivity index (χ3v) is 4.99. The zero-order valence-corrected chi connectivity index (χ0v) is 18.0. The highest BCUT2D eigenvalue weighted by molar-refractivity contribution is 5.96. The molecule has 0 aliphatic heterocycles. The normalized spacial score (nSPS) is 11.5. The summed E-state index contributed by atoms with van der Waals surface area (Å²) in [5, 5.41) is 2.02. The van der Waals surface area contributed by atoms with Gasteiger partial charge in [-0.15, -0.1) is 0 Å². The van der Waals surface area contributed by atoms with Crippen LogP contribution in [0.4, 0.5) is 0 Å². The summed E-state index contributed by atoms with van der Waals surface area (Å²) in [7, 11) is 3.13. The van der Waals surface area contributed by atoms with Crippen molar-refractivity contribution in [3.63, 3.8) is 0 Å². The van der Waals surface area contributed by atoms with Crippen molar-refractivity contribution in [1.82, 2.24) is 10.9 Å². The Morgan fingerprint density at radius 3 is 2.32 bits per heavy atom. The number of hydrogen-bond acceptors (Lipinski definition) is 5. The van der Waals surface area contributed by atoms with Gasteiger partial charge in [-0.25, -0.2) is 0 Å². The lowest BCUT2D eigenvalue weighted by molar-refractivity contribution is -0.123. The van der Waals surface area contributed by atoms with Crippen LogP contribution < -0.4 is 25.1 Å². The van der Waals surface area contributed by atoms with E-state index in [0.717, 1.165) is 22.1 Å². The summed E-state index contributed by atoms with van der Waals surface area (Å²) in [6.07, 6.45) is 0. The van der Waals surface area contributed by atoms with E-state index in [9.17, 15) is 9.59 Å². The molecule has 0 aliphatic carbocycles. The molecule has 1 atom stereocenters. The van der Waals surface area contributed by atoms with E-state index in [4.69, 9.17) is 14.2 Å². The van der Waals surface area contributed by atoms with Gasteiger partial charge in [0.15, 0.2) is 11.5 Å². The van der Waals surface area contributed by atoms with Crippen LogP contribution in [0.5, 0.6) is 17.2 Å². The maximum Gasteiger partial charge on any atom is 0.269 e. The largest absolute Gasteiger partial charge is 0.497 e. The minimum absolute atomic E-state index is 0.320. The van der Waals surface area contributed by atoms with Crippen molar-refractivity contribution in [2.24, 2.45) is 0 Å². The minimum atomic E-state index is -0.457. The van der Waals surface area contributed by atoms with Gasteiger partial charge in [0.1, 0.15) is 5.75 Å². The molecule has 3 aromatic rings. The Balaban J connectivity index is 1.66. The van der Waals surface area contributed by atoms with Gasteiger partial charge in [-0.3, -0.25) is 20.4 Å². The van der Waals surface area contributed by atoms with Crippen LogP contribution >= 0.6 is 0 Å². The lowest BCUT2D eigenvalue weighted by Crippen LogP contribution is -2.43. The van der Waals surface area contributed by atoms with Gasteiger partial charge in [0.05, 0.1) is 26.7 Å². The molecule has 3 aromatic carbocycles. The molecule has 7 heteroatoms. The van der Waals surface area contributed by atoms with Crippen molar-refractivity contribution in [1.29, 1.82) is 0 Å². The number of methoxy groups -OCH3 is 2. The molecule has 0 unspecified atom stereocenters. The molecule has 2 amide bonds. The molecule has 162 valence electrons. The Hall–Kier alpha value is -3.74. The molecule has 0 heterocycles. The molecular weight excluding hydrogens is 396 g/mol. The molecule has 0 saturated carbocycles. The second-order valence-electron chi connectivity index (χ2n) is 6.94. The summed E-state index contributed by atoms with van der Waals surface area (Å²) < 4.78 is 16.0. The number of rotatable bonds is 7. The van der Waals surface area contributed by atoms with Crippen molar-refractivity contribution < 1.29 is 23.8 Å². The molecule has 31 heavy (non-hydrogen) atoms. The van der Waals surface area contributed by atoms with E-state index in [1.807, 2.05) is 43.3 Å². The molecule has 0 aromatic heterocycles. The lowest BCUT2D eigenvalue weighted by atomic mass is 9.97. The van der Waals surface area contributed by atoms with Gasteiger partial charge < -0.3 is 14.2 Å². The number of amides is 2. The Morgan fingerprint density at radius 1 is 0.871 bits per heavy atom. The fourth-order valence-corrected chi connectivity index (χ4v) is 3.17. The van der Waals surface area contributed by atoms with Gasteiger partial charge >= 0.3 is 0 Å². The Kier molecular flexibility index (Phi) is 6.97. The Labute approximate surface area is 181 Å². The third kappa shape index (κ3) is 5.06. The highest BCUT2D eigenvalue weighted by atomic mass is 16.5. The van der Waals surface area contributed by atoms with Crippen molar-refractivity contribution >= 4 is 22.6 Å². The van der Waals surface area contributed by atoms with Crippen LogP contribution in [0.25, 0.3) is 10.8 Å². The van der Waals surface area contributed by atoms with E-state index >= 15 is 0 Å². The van der Waals surface area contributed by atoms with Crippen molar-refractivity contribution in [2.45, 2.75) is 19.8 Å². The zero-order chi connectivity index (χ0) is 22.4. The first kappa shape index (κ1) is 22.0. The average Bonchev–Trinajstić information content (AvgIpc) is 2.81. The van der Waals surface area contributed by atoms with E-state index in [2.05, 4.69) is 10.9 Å². The maximum atomic E-state index is 12.6. The quantitative estimate of drug-likeness (QED) is 0.566. The van der Waals surface area contributed by atoms with Crippen molar-refractivity contribution in [3.8, 4) is 17.2 Å². The molecule has 0 fully saturated rings. The monoisotopic (exact) mass is 422 g/mol. The van der Waals surface area contributed by atoms with Crippen molar-refractivity contribution in [2.75, 3.05) is 20.8 Å². The summed E-state index contributed by atoms with van der Waals surface area (Å²) >= 11 is 0. The van der Waals surface area contributed by atoms with E-state index in [1.165, 1.54) is 7.11 Å². The van der Waals surface area contributed by atoms with E-state index < -0.39 is 11.8 Å². The predicted octanol–water partition coefficient (Wildman–Crippen LogP) is 3.82. The third-order valence-electron chi connectivity index (χ3n) is 4.99. The van der Waals surface area contributed by atoms with Crippen LogP contribution in [0.15, 0.2) is 54.6 Å². The SMILES string of the molecule is CCOc1ccc(C(=O)NNC(=O)[C@@H](C)c2ccc3cc(OC)ccc3c2)cc1OC. The highest BCUT2D eigenvalue weighted by Crippen LogP contribution is 2.28. The lowest BCUT2D eigenvalue weighted by Gasteiger charge is -2.15. The Morgan fingerprint density at radius 2 is 1.61 bits per heavy atom. The topological polar surface area (TPSA) is 85.9 Å². The number of hydrogen-bond donors (Lipinski definition) is 2. The molecule has 7 nitrogen and oxygen atoms in total. The number of hydrazine groups is 1. The van der Waals surface area contributed by atoms with Crippen LogP contribution in [0.3, 0.4) is 0 Å². The number of ether oxygens (including phenoxy) is 3. The predicted molar refractivity (Wildman–Crippen MR) is 119 cm³/mol. The highest BCUT2D eigenvalue weighted by Gasteiger charge is 2.17. The molecular formula is C24H26N2O5. The fraction of sp³-hybridized carbons (Fsp3) is 0.250. The van der Waals surface area contributed by atoms with Gasteiger partial charge in [-0.05, 0) is 60.5 Å². The molecule has 0 radical (unpaired) electrons. The van der Waals surface area contributed by atoms with Crippen molar-refractivity contribution in [3.05, 3.63) is 65.7 Å². The van der Waals surface area contributed by atoms with Gasteiger partial charge in [-0.2, -0.15) is 0 Å². The summed E-state index contributed by atoms with van der Waals surface area (Å²) in [6, 6.07) is 16.4. The minimum Gasteiger partial charge on any atom is -0.497 e. The summed E-state index contributed by atoms with van der Waals surface area (Å²) in [5.74, 6) is 0.545. The molecule has 2 N–H and O–H groups in total. The van der Waals surface area contributed by atoms with Gasteiger partial charge in [-0.1, -0.05) is 24.3 Å². The number of fused-ring (bicyclic) bond motifs is 1. The average molecular weight is 422 g/mol. The second kappa shape index (κ2) is 9.84. The second-order valence-corrected chi connectivity index (χ2v) is 6.94. The smallest absolute Gasteiger partial charge is 0.269 e. The number of carbonyl (C=O) groups excluding carboxylic acids is 2. The number of nitrogens with one attached hydrogen (secondary N) is 2. The summed E-state index contributed by atoms with van der Waals surface area (Å²) in [6.45, 7) is 4.13. The zero-order valence-electron chi connectivity index (χ0n) is 18.0. The maximum absolute atomic E-state index is 12.6. The first-order valence-electron chi connectivity index (χ1n) is 9.95. The van der Waals surface area contributed by atoms with Crippen LogP contribution in [0.2, 0.25) is 0 Å². The first-order valence-corrected chi connectivity index (χ1v) is 9.95. The molecule has 3 rings (SSSR count). The van der Waals surface area contributed by atoms with Gasteiger partial charge in [0, 0.05) is 5.56 Å². The standard InChI is InChI=1S/C24H26N2O5/c1-5-31-21-11-9-19(14-22(21)30-4)24(28)26-25-23(27)15(2)16-6-7-18-13-20(29-3)10-8-17(18)12-16/h6-15H,5H2,1-4H3,(H,25,27)(H,26,28)/t15-/m0/s1. The van der Waals surface area contributed by atoms with E-state index in [1.54, 1.807) is 32.2 Å². The first-order chi connectivity index (χ1) is 15.0. The van der Waals surface area contributed by atoms with Gasteiger partial charge in [0.25, 0.3) is 5.91 Å². The molecule has 0 spiro atoms. The Bertz CT molecular complexity index is 1100. The summed E-state index contributed by atoms with van der Waals surface area (Å²) in [5.41, 5.74) is 6.13. The molecule has 0 saturated heterocycles. The van der Waals surface area contributed by atoms with Crippen LogP contribution in [0.1, 0.15) is 35.7 Å². The van der Waals surface area contributed by atoms with Crippen LogP contribution in [0, 0.1) is 0 Å². The van der Waals surface area contributed by atoms with E-state index in [0.29, 0.717) is 23.7 Å². The van der Waals surface area contributed by atoms with Crippen LogP contribution in [-0.2, 0) is 4.79 Å².